The predicted molar refractivity (Wildman–Crippen MR) is 65.8 cm³/mol. The molecule has 2 rings (SSSR count). The standard InChI is InChI=1S/C12H13ClN2O2/c1-12(2,3)11(16)17-15-7-5-8-9(15)4-6-14-10(8)13/h4-7H,1-3H3. The summed E-state index contributed by atoms with van der Waals surface area (Å²) in [5.41, 5.74) is 0.176. The van der Waals surface area contributed by atoms with Gasteiger partial charge in [-0.3, -0.25) is 0 Å². The molecule has 0 radical (unpaired) electrons. The van der Waals surface area contributed by atoms with E-state index in [1.807, 2.05) is 0 Å². The van der Waals surface area contributed by atoms with Crippen LogP contribution in [-0.4, -0.2) is 15.7 Å². The van der Waals surface area contributed by atoms with Gasteiger partial charge >= 0.3 is 5.97 Å². The number of pyridine rings is 1. The molecule has 0 amide bonds. The quantitative estimate of drug-likeness (QED) is 0.733. The zero-order valence-corrected chi connectivity index (χ0v) is 10.7. The molecule has 2 aromatic heterocycles. The van der Waals surface area contributed by atoms with Crippen molar-refractivity contribution < 1.29 is 9.63 Å². The third-order valence-corrected chi connectivity index (χ3v) is 2.63. The minimum absolute atomic E-state index is 0.303. The van der Waals surface area contributed by atoms with E-state index in [0.717, 1.165) is 10.9 Å². The van der Waals surface area contributed by atoms with Crippen molar-refractivity contribution in [1.29, 1.82) is 0 Å². The molecule has 4 nitrogen and oxygen atoms in total. The molecule has 0 aromatic carbocycles. The largest absolute Gasteiger partial charge is 0.338 e. The van der Waals surface area contributed by atoms with Gasteiger partial charge in [-0.25, -0.2) is 9.78 Å². The Labute approximate surface area is 104 Å². The Hall–Kier alpha value is -1.55. The van der Waals surface area contributed by atoms with E-state index in [4.69, 9.17) is 16.4 Å². The summed E-state index contributed by atoms with van der Waals surface area (Å²) in [5, 5.41) is 1.16. The van der Waals surface area contributed by atoms with Gasteiger partial charge in [0, 0.05) is 17.8 Å². The maximum absolute atomic E-state index is 11.8. The van der Waals surface area contributed by atoms with Crippen molar-refractivity contribution in [2.45, 2.75) is 20.8 Å². The summed E-state index contributed by atoms with van der Waals surface area (Å²) in [6.07, 6.45) is 3.23. The third kappa shape index (κ3) is 2.26. The van der Waals surface area contributed by atoms with Gasteiger partial charge < -0.3 is 4.84 Å². The zero-order valence-electron chi connectivity index (χ0n) is 9.90. The molecule has 0 aliphatic rings. The number of rotatable bonds is 1. The van der Waals surface area contributed by atoms with Crippen molar-refractivity contribution >= 4 is 28.5 Å². The molecule has 0 saturated carbocycles. The second-order valence-electron chi connectivity index (χ2n) is 4.80. The fourth-order valence-electron chi connectivity index (χ4n) is 1.31. The average molecular weight is 253 g/mol. The first-order valence-corrected chi connectivity index (χ1v) is 5.62. The molecular formula is C12H13ClN2O2. The normalized spacial score (nSPS) is 11.8. The van der Waals surface area contributed by atoms with Crippen molar-refractivity contribution in [2.24, 2.45) is 5.41 Å². The highest BCUT2D eigenvalue weighted by Gasteiger charge is 2.24. The van der Waals surface area contributed by atoms with Gasteiger partial charge in [0.1, 0.15) is 5.15 Å². The lowest BCUT2D eigenvalue weighted by Gasteiger charge is -2.16. The second-order valence-corrected chi connectivity index (χ2v) is 5.16. The fraction of sp³-hybridized carbons (Fsp3) is 0.333. The number of hydrogen-bond donors (Lipinski definition) is 0. The predicted octanol–water partition coefficient (Wildman–Crippen LogP) is 2.69. The Morgan fingerprint density at radius 1 is 1.41 bits per heavy atom. The summed E-state index contributed by atoms with van der Waals surface area (Å²) in [5.74, 6) is -0.303. The van der Waals surface area contributed by atoms with Crippen LogP contribution in [0.15, 0.2) is 24.5 Å². The molecule has 90 valence electrons. The van der Waals surface area contributed by atoms with Gasteiger partial charge in [0.25, 0.3) is 0 Å². The van der Waals surface area contributed by atoms with E-state index in [-0.39, 0.29) is 5.97 Å². The molecular weight excluding hydrogens is 240 g/mol. The molecule has 0 spiro atoms. The molecule has 5 heteroatoms. The average Bonchev–Trinajstić information content (AvgIpc) is 2.62. The van der Waals surface area contributed by atoms with Crippen LogP contribution in [0.2, 0.25) is 5.15 Å². The molecule has 2 aromatic rings. The molecule has 17 heavy (non-hydrogen) atoms. The first-order chi connectivity index (χ1) is 7.89. The van der Waals surface area contributed by atoms with Crippen LogP contribution in [0.3, 0.4) is 0 Å². The number of nitrogens with zero attached hydrogens (tertiary/aromatic N) is 2. The summed E-state index contributed by atoms with van der Waals surface area (Å²) < 4.78 is 1.41. The van der Waals surface area contributed by atoms with Crippen molar-refractivity contribution in [1.82, 2.24) is 9.71 Å². The molecule has 0 unspecified atom stereocenters. The number of carbonyl (C=O) groups is 1. The summed E-state index contributed by atoms with van der Waals surface area (Å²) in [4.78, 5) is 21.0. The fourth-order valence-corrected chi connectivity index (χ4v) is 1.53. The Bertz CT molecular complexity index is 569. The smallest absolute Gasteiger partial charge is 0.336 e. The van der Waals surface area contributed by atoms with E-state index in [9.17, 15) is 4.79 Å². The summed E-state index contributed by atoms with van der Waals surface area (Å²) in [6, 6.07) is 3.51. The first kappa shape index (κ1) is 11.9. The van der Waals surface area contributed by atoms with E-state index in [0.29, 0.717) is 5.15 Å². The molecule has 0 atom stereocenters. The van der Waals surface area contributed by atoms with Crippen LogP contribution in [0.25, 0.3) is 10.9 Å². The Balaban J connectivity index is 2.38. The molecule has 0 N–H and O–H groups in total. The highest BCUT2D eigenvalue weighted by Crippen LogP contribution is 2.22. The van der Waals surface area contributed by atoms with Crippen LogP contribution >= 0.6 is 11.6 Å². The van der Waals surface area contributed by atoms with Gasteiger partial charge in [0.05, 0.1) is 10.9 Å². The number of carbonyl (C=O) groups excluding carboxylic acids is 1. The molecule has 0 aliphatic heterocycles. The number of aromatic nitrogens is 2. The minimum Gasteiger partial charge on any atom is -0.336 e. The lowest BCUT2D eigenvalue weighted by Crippen LogP contribution is -2.30. The summed E-state index contributed by atoms with van der Waals surface area (Å²) >= 11 is 5.93. The van der Waals surface area contributed by atoms with E-state index < -0.39 is 5.41 Å². The van der Waals surface area contributed by atoms with E-state index >= 15 is 0 Å². The van der Waals surface area contributed by atoms with Crippen LogP contribution in [0.5, 0.6) is 0 Å². The van der Waals surface area contributed by atoms with Crippen molar-refractivity contribution in [3.05, 3.63) is 29.7 Å². The van der Waals surface area contributed by atoms with Gasteiger partial charge in [0.15, 0.2) is 0 Å². The minimum atomic E-state index is -0.548. The van der Waals surface area contributed by atoms with Crippen LogP contribution < -0.4 is 4.84 Å². The lowest BCUT2D eigenvalue weighted by atomic mass is 9.98. The number of halogens is 1. The molecule has 0 fully saturated rings. The van der Waals surface area contributed by atoms with Crippen LogP contribution in [-0.2, 0) is 4.79 Å². The summed E-state index contributed by atoms with van der Waals surface area (Å²) in [6.45, 7) is 5.40. The highest BCUT2D eigenvalue weighted by atomic mass is 35.5. The van der Waals surface area contributed by atoms with Crippen LogP contribution in [0.4, 0.5) is 0 Å². The van der Waals surface area contributed by atoms with Gasteiger partial charge in [-0.1, -0.05) is 11.6 Å². The molecule has 2 heterocycles. The lowest BCUT2D eigenvalue weighted by molar-refractivity contribution is -0.152. The van der Waals surface area contributed by atoms with Gasteiger partial charge in [-0.05, 0) is 32.9 Å². The van der Waals surface area contributed by atoms with E-state index in [2.05, 4.69) is 4.98 Å². The SMILES string of the molecule is CC(C)(C)C(=O)On1ccc2c(Cl)nccc21. The van der Waals surface area contributed by atoms with Crippen LogP contribution in [0.1, 0.15) is 20.8 Å². The number of fused-ring (bicyclic) bond motifs is 1. The van der Waals surface area contributed by atoms with Crippen molar-refractivity contribution in [3.63, 3.8) is 0 Å². The highest BCUT2D eigenvalue weighted by molar-refractivity contribution is 6.34. The van der Waals surface area contributed by atoms with Crippen molar-refractivity contribution in [2.75, 3.05) is 0 Å². The van der Waals surface area contributed by atoms with E-state index in [1.165, 1.54) is 4.73 Å². The first-order valence-electron chi connectivity index (χ1n) is 5.24. The third-order valence-electron chi connectivity index (χ3n) is 2.33. The van der Waals surface area contributed by atoms with Gasteiger partial charge in [-0.15, -0.1) is 0 Å². The van der Waals surface area contributed by atoms with E-state index in [1.54, 1.807) is 45.3 Å². The zero-order chi connectivity index (χ0) is 12.6. The summed E-state index contributed by atoms with van der Waals surface area (Å²) in [7, 11) is 0. The van der Waals surface area contributed by atoms with Crippen molar-refractivity contribution in [3.8, 4) is 0 Å². The Morgan fingerprint density at radius 2 is 2.12 bits per heavy atom. The molecule has 0 saturated heterocycles. The monoisotopic (exact) mass is 252 g/mol. The number of hydrogen-bond acceptors (Lipinski definition) is 3. The Morgan fingerprint density at radius 3 is 2.76 bits per heavy atom. The maximum atomic E-state index is 11.8. The molecule has 0 bridgehead atoms. The maximum Gasteiger partial charge on any atom is 0.338 e. The topological polar surface area (TPSA) is 44.1 Å². The second kappa shape index (κ2) is 4.04. The van der Waals surface area contributed by atoms with Crippen LogP contribution in [0, 0.1) is 5.41 Å². The van der Waals surface area contributed by atoms with Gasteiger partial charge in [0.2, 0.25) is 0 Å². The molecule has 0 aliphatic carbocycles. The van der Waals surface area contributed by atoms with Gasteiger partial charge in [-0.2, -0.15) is 4.73 Å². The Kier molecular flexibility index (Phi) is 2.83.